The van der Waals surface area contributed by atoms with E-state index < -0.39 is 11.8 Å². The van der Waals surface area contributed by atoms with Crippen LogP contribution >= 0.6 is 0 Å². The molecule has 0 unspecified atom stereocenters. The molecule has 0 atom stereocenters. The number of benzene rings is 1. The van der Waals surface area contributed by atoms with Gasteiger partial charge in [0.05, 0.1) is 0 Å². The average Bonchev–Trinajstić information content (AvgIpc) is 2.13. The molecule has 82 valence electrons. The maximum atomic E-state index is 12.8. The highest BCUT2D eigenvalue weighted by molar-refractivity contribution is 5.72. The van der Waals surface area contributed by atoms with E-state index in [0.29, 0.717) is 6.42 Å². The first-order valence-electron chi connectivity index (χ1n) is 4.82. The van der Waals surface area contributed by atoms with Crippen LogP contribution in [0.25, 0.3) is 0 Å². The molecule has 0 aromatic heterocycles. The zero-order chi connectivity index (χ0) is 11.3. The molecule has 0 aliphatic carbocycles. The third-order valence-electron chi connectivity index (χ3n) is 1.82. The number of esters is 1. The molecule has 0 saturated heterocycles. The summed E-state index contributed by atoms with van der Waals surface area (Å²) in [6.07, 6.45) is 1.93. The maximum absolute atomic E-state index is 12.8. The lowest BCUT2D eigenvalue weighted by molar-refractivity contribution is -0.134. The number of halogens is 1. The van der Waals surface area contributed by atoms with Crippen molar-refractivity contribution in [3.8, 4) is 11.5 Å². The maximum Gasteiger partial charge on any atom is 0.311 e. The van der Waals surface area contributed by atoms with Crippen LogP contribution in [0.2, 0.25) is 0 Å². The third kappa shape index (κ3) is 3.97. The summed E-state index contributed by atoms with van der Waals surface area (Å²) < 4.78 is 17.6. The lowest BCUT2D eigenvalue weighted by Crippen LogP contribution is -2.07. The Hall–Kier alpha value is -1.58. The number of unbranched alkanes of at least 4 members (excludes halogenated alkanes) is 1. The number of ether oxygens (including phenoxy) is 1. The van der Waals surface area contributed by atoms with Crippen LogP contribution in [-0.2, 0) is 4.79 Å². The van der Waals surface area contributed by atoms with Crippen LogP contribution in [0.3, 0.4) is 0 Å². The Bertz CT molecular complexity index is 329. The highest BCUT2D eigenvalue weighted by Crippen LogP contribution is 2.21. The minimum Gasteiger partial charge on any atom is -0.508 e. The molecule has 0 aliphatic rings. The summed E-state index contributed by atoms with van der Waals surface area (Å²) in [5.74, 6) is -1.27. The van der Waals surface area contributed by atoms with Gasteiger partial charge in [0.15, 0.2) is 0 Å². The summed E-state index contributed by atoms with van der Waals surface area (Å²) in [6.45, 7) is 1.96. The molecule has 0 heterocycles. The number of phenolic OH excluding ortho intramolecular Hbond substituents is 1. The Labute approximate surface area is 87.5 Å². The second-order valence-corrected chi connectivity index (χ2v) is 3.22. The number of aromatic hydroxyl groups is 1. The summed E-state index contributed by atoms with van der Waals surface area (Å²) >= 11 is 0. The van der Waals surface area contributed by atoms with Crippen LogP contribution < -0.4 is 4.74 Å². The van der Waals surface area contributed by atoms with E-state index in [1.165, 1.54) is 6.07 Å². The Morgan fingerprint density at radius 2 is 2.20 bits per heavy atom. The van der Waals surface area contributed by atoms with Crippen molar-refractivity contribution < 1.29 is 19.0 Å². The minimum absolute atomic E-state index is 0.0357. The topological polar surface area (TPSA) is 46.5 Å². The van der Waals surface area contributed by atoms with Gasteiger partial charge in [0.2, 0.25) is 0 Å². The van der Waals surface area contributed by atoms with Crippen molar-refractivity contribution in [2.75, 3.05) is 0 Å². The lowest BCUT2D eigenvalue weighted by Gasteiger charge is -2.04. The molecule has 0 amide bonds. The van der Waals surface area contributed by atoms with E-state index in [0.717, 1.165) is 25.0 Å². The van der Waals surface area contributed by atoms with Gasteiger partial charge in [-0.15, -0.1) is 0 Å². The number of phenols is 1. The highest BCUT2D eigenvalue weighted by atomic mass is 19.1. The molecule has 0 bridgehead atoms. The summed E-state index contributed by atoms with van der Waals surface area (Å²) in [5, 5.41) is 9.05. The smallest absolute Gasteiger partial charge is 0.311 e. The van der Waals surface area contributed by atoms with Gasteiger partial charge in [-0.1, -0.05) is 13.3 Å². The van der Waals surface area contributed by atoms with Crippen LogP contribution in [-0.4, -0.2) is 11.1 Å². The van der Waals surface area contributed by atoms with Crippen LogP contribution in [0, 0.1) is 5.82 Å². The van der Waals surface area contributed by atoms with Gasteiger partial charge in [0, 0.05) is 24.6 Å². The Kier molecular flexibility index (Phi) is 4.09. The zero-order valence-corrected chi connectivity index (χ0v) is 8.50. The second-order valence-electron chi connectivity index (χ2n) is 3.22. The molecule has 0 saturated carbocycles. The predicted molar refractivity (Wildman–Crippen MR) is 53.2 cm³/mol. The number of carbonyl (C=O) groups excluding carboxylic acids is 1. The molecule has 1 rings (SSSR count). The van der Waals surface area contributed by atoms with Crippen molar-refractivity contribution in [3.63, 3.8) is 0 Å². The fourth-order valence-corrected chi connectivity index (χ4v) is 1.11. The monoisotopic (exact) mass is 212 g/mol. The van der Waals surface area contributed by atoms with Crippen molar-refractivity contribution in [2.24, 2.45) is 0 Å². The molecule has 15 heavy (non-hydrogen) atoms. The molecule has 4 heteroatoms. The van der Waals surface area contributed by atoms with E-state index in [1.807, 2.05) is 6.92 Å². The largest absolute Gasteiger partial charge is 0.508 e. The number of carbonyl (C=O) groups is 1. The van der Waals surface area contributed by atoms with Gasteiger partial charge < -0.3 is 9.84 Å². The molecule has 0 fully saturated rings. The first-order chi connectivity index (χ1) is 7.11. The first-order valence-corrected chi connectivity index (χ1v) is 4.82. The first kappa shape index (κ1) is 11.5. The molecule has 0 radical (unpaired) electrons. The highest BCUT2D eigenvalue weighted by Gasteiger charge is 2.06. The molecule has 1 aromatic carbocycles. The number of hydrogen-bond acceptors (Lipinski definition) is 3. The van der Waals surface area contributed by atoms with Gasteiger partial charge in [-0.3, -0.25) is 4.79 Å². The van der Waals surface area contributed by atoms with E-state index in [-0.39, 0.29) is 11.5 Å². The summed E-state index contributed by atoms with van der Waals surface area (Å²) in [6, 6.07) is 3.21. The van der Waals surface area contributed by atoms with Crippen LogP contribution in [0.5, 0.6) is 11.5 Å². The summed E-state index contributed by atoms with van der Waals surface area (Å²) in [7, 11) is 0. The Morgan fingerprint density at radius 3 is 2.80 bits per heavy atom. The average molecular weight is 212 g/mol. The van der Waals surface area contributed by atoms with E-state index in [2.05, 4.69) is 0 Å². The molecule has 1 N–H and O–H groups in total. The summed E-state index contributed by atoms with van der Waals surface area (Å²) in [4.78, 5) is 11.2. The predicted octanol–water partition coefficient (Wildman–Crippen LogP) is 2.63. The fourth-order valence-electron chi connectivity index (χ4n) is 1.11. The molecule has 1 aromatic rings. The van der Waals surface area contributed by atoms with Crippen molar-refractivity contribution in [1.29, 1.82) is 0 Å². The molecular weight excluding hydrogens is 199 g/mol. The van der Waals surface area contributed by atoms with Gasteiger partial charge in [-0.2, -0.15) is 0 Å². The van der Waals surface area contributed by atoms with Gasteiger partial charge in [-0.25, -0.2) is 4.39 Å². The summed E-state index contributed by atoms with van der Waals surface area (Å²) in [5.41, 5.74) is 0. The van der Waals surface area contributed by atoms with Gasteiger partial charge >= 0.3 is 5.97 Å². The third-order valence-corrected chi connectivity index (χ3v) is 1.82. The van der Waals surface area contributed by atoms with Gasteiger partial charge in [0.1, 0.15) is 17.3 Å². The fraction of sp³-hybridized carbons (Fsp3) is 0.364. The van der Waals surface area contributed by atoms with Crippen molar-refractivity contribution in [3.05, 3.63) is 24.0 Å². The number of hydrogen-bond donors (Lipinski definition) is 1. The van der Waals surface area contributed by atoms with Gasteiger partial charge in [-0.05, 0) is 6.42 Å². The van der Waals surface area contributed by atoms with E-state index in [1.54, 1.807) is 0 Å². The molecule has 0 spiro atoms. The van der Waals surface area contributed by atoms with E-state index in [9.17, 15) is 9.18 Å². The Morgan fingerprint density at radius 1 is 1.47 bits per heavy atom. The van der Waals surface area contributed by atoms with Crippen LogP contribution in [0.4, 0.5) is 4.39 Å². The van der Waals surface area contributed by atoms with E-state index in [4.69, 9.17) is 9.84 Å². The standard InChI is InChI=1S/C11H13FO3/c1-2-3-4-11(14)15-10-6-8(12)5-9(13)7-10/h5-7,13H,2-4H2,1H3. The van der Waals surface area contributed by atoms with E-state index >= 15 is 0 Å². The molecule has 3 nitrogen and oxygen atoms in total. The van der Waals surface area contributed by atoms with Crippen molar-refractivity contribution in [2.45, 2.75) is 26.2 Å². The van der Waals surface area contributed by atoms with Gasteiger partial charge in [0.25, 0.3) is 0 Å². The lowest BCUT2D eigenvalue weighted by atomic mass is 10.2. The zero-order valence-electron chi connectivity index (χ0n) is 8.50. The Balaban J connectivity index is 2.60. The van der Waals surface area contributed by atoms with Crippen molar-refractivity contribution >= 4 is 5.97 Å². The quantitative estimate of drug-likeness (QED) is 0.616. The van der Waals surface area contributed by atoms with Crippen LogP contribution in [0.15, 0.2) is 18.2 Å². The normalized spacial score (nSPS) is 10.0. The van der Waals surface area contributed by atoms with Crippen LogP contribution in [0.1, 0.15) is 26.2 Å². The van der Waals surface area contributed by atoms with Crippen molar-refractivity contribution in [1.82, 2.24) is 0 Å². The second kappa shape index (κ2) is 5.34. The molecule has 0 aliphatic heterocycles. The number of rotatable bonds is 4. The SMILES string of the molecule is CCCCC(=O)Oc1cc(O)cc(F)c1. The molecular formula is C11H13FO3. The minimum atomic E-state index is -0.631.